The molecule has 26 heavy (non-hydrogen) atoms. The van der Waals surface area contributed by atoms with E-state index in [9.17, 15) is 4.79 Å². The highest BCUT2D eigenvalue weighted by Gasteiger charge is 2.51. The summed E-state index contributed by atoms with van der Waals surface area (Å²) in [5.74, 6) is 1.60. The van der Waals surface area contributed by atoms with Crippen LogP contribution in [0.2, 0.25) is 0 Å². The number of rotatable bonds is 5. The van der Waals surface area contributed by atoms with Crippen molar-refractivity contribution in [1.82, 2.24) is 9.55 Å². The van der Waals surface area contributed by atoms with E-state index in [-0.39, 0.29) is 11.5 Å². The van der Waals surface area contributed by atoms with Crippen LogP contribution in [-0.4, -0.2) is 26.7 Å². The lowest BCUT2D eigenvalue weighted by atomic mass is 10.2. The molecule has 0 aliphatic heterocycles. The van der Waals surface area contributed by atoms with Crippen molar-refractivity contribution in [2.24, 2.45) is 5.92 Å². The Morgan fingerprint density at radius 3 is 2.77 bits per heavy atom. The average Bonchev–Trinajstić information content (AvgIpc) is 3.27. The van der Waals surface area contributed by atoms with Gasteiger partial charge in [-0.05, 0) is 30.7 Å². The smallest absolute Gasteiger partial charge is 0.266 e. The van der Waals surface area contributed by atoms with E-state index >= 15 is 0 Å². The maximum Gasteiger partial charge on any atom is 0.266 e. The summed E-state index contributed by atoms with van der Waals surface area (Å²) in [7, 11) is 1.60. The molecule has 134 valence electrons. The van der Waals surface area contributed by atoms with Crippen LogP contribution in [0.3, 0.4) is 0 Å². The van der Waals surface area contributed by atoms with Gasteiger partial charge in [-0.25, -0.2) is 4.98 Å². The van der Waals surface area contributed by atoms with Crippen molar-refractivity contribution in [1.29, 1.82) is 0 Å². The predicted octanol–water partition coefficient (Wildman–Crippen LogP) is 4.68. The van der Waals surface area contributed by atoms with Crippen molar-refractivity contribution in [3.8, 4) is 11.4 Å². The van der Waals surface area contributed by atoms with E-state index < -0.39 is 4.33 Å². The first-order valence-electron chi connectivity index (χ1n) is 8.16. The fraction of sp³-hybridized carbons (Fsp3) is 0.263. The van der Waals surface area contributed by atoms with Gasteiger partial charge in [0.25, 0.3) is 5.56 Å². The Hall–Kier alpha value is -1.69. The number of ether oxygens (including phenoxy) is 1. The second kappa shape index (κ2) is 6.80. The maximum absolute atomic E-state index is 13.2. The van der Waals surface area contributed by atoms with Crippen molar-refractivity contribution in [3.63, 3.8) is 0 Å². The summed E-state index contributed by atoms with van der Waals surface area (Å²) in [6.45, 7) is 0. The Kier molecular flexibility index (Phi) is 4.63. The van der Waals surface area contributed by atoms with E-state index in [1.807, 2.05) is 42.5 Å². The van der Waals surface area contributed by atoms with Crippen molar-refractivity contribution < 1.29 is 4.74 Å². The van der Waals surface area contributed by atoms with Gasteiger partial charge in [0.15, 0.2) is 5.16 Å². The largest absolute Gasteiger partial charge is 0.497 e. The molecule has 1 aromatic heterocycles. The highest BCUT2D eigenvalue weighted by atomic mass is 35.5. The average molecular weight is 407 g/mol. The van der Waals surface area contributed by atoms with Crippen LogP contribution in [0.25, 0.3) is 16.6 Å². The molecule has 0 saturated heterocycles. The topological polar surface area (TPSA) is 44.1 Å². The lowest BCUT2D eigenvalue weighted by Crippen LogP contribution is -2.22. The minimum atomic E-state index is -0.648. The van der Waals surface area contributed by atoms with E-state index in [0.29, 0.717) is 33.2 Å². The van der Waals surface area contributed by atoms with Gasteiger partial charge in [-0.1, -0.05) is 30.0 Å². The lowest BCUT2D eigenvalue weighted by molar-refractivity contribution is 0.414. The highest BCUT2D eigenvalue weighted by Crippen LogP contribution is 2.54. The lowest BCUT2D eigenvalue weighted by Gasteiger charge is -2.14. The number of alkyl halides is 2. The molecule has 0 radical (unpaired) electrons. The second-order valence-corrected chi connectivity index (χ2v) is 8.76. The van der Waals surface area contributed by atoms with Crippen molar-refractivity contribution in [2.75, 3.05) is 12.9 Å². The Balaban J connectivity index is 1.83. The Morgan fingerprint density at radius 1 is 1.27 bits per heavy atom. The minimum absolute atomic E-state index is 0.106. The van der Waals surface area contributed by atoms with Crippen LogP contribution in [0.5, 0.6) is 5.75 Å². The highest BCUT2D eigenvalue weighted by molar-refractivity contribution is 7.99. The molecule has 1 aliphatic carbocycles. The van der Waals surface area contributed by atoms with Gasteiger partial charge in [-0.15, -0.1) is 23.2 Å². The fourth-order valence-electron chi connectivity index (χ4n) is 2.81. The number of methoxy groups -OCH3 is 1. The third-order valence-corrected chi connectivity index (χ3v) is 6.45. The van der Waals surface area contributed by atoms with Gasteiger partial charge in [0.1, 0.15) is 10.1 Å². The molecule has 1 aliphatic rings. The van der Waals surface area contributed by atoms with E-state index in [0.717, 1.165) is 6.42 Å². The van der Waals surface area contributed by atoms with Gasteiger partial charge < -0.3 is 4.74 Å². The number of nitrogens with zero attached hydrogens (tertiary/aromatic N) is 2. The normalized spacial score (nSPS) is 18.0. The van der Waals surface area contributed by atoms with E-state index in [1.165, 1.54) is 11.8 Å². The number of benzene rings is 2. The molecule has 4 rings (SSSR count). The molecular formula is C19H16Cl2N2O2S. The molecule has 1 heterocycles. The molecule has 0 spiro atoms. The quantitative estimate of drug-likeness (QED) is 0.350. The van der Waals surface area contributed by atoms with Gasteiger partial charge in [0, 0.05) is 17.7 Å². The maximum atomic E-state index is 13.2. The molecule has 7 heteroatoms. The molecule has 1 atom stereocenters. The van der Waals surface area contributed by atoms with Crippen LogP contribution in [0.15, 0.2) is 58.5 Å². The number of para-hydroxylation sites is 1. The number of aromatic nitrogens is 2. The summed E-state index contributed by atoms with van der Waals surface area (Å²) in [6, 6.07) is 14.8. The molecular weight excluding hydrogens is 391 g/mol. The number of halogens is 2. The summed E-state index contributed by atoms with van der Waals surface area (Å²) in [4.78, 5) is 17.9. The first kappa shape index (κ1) is 17.7. The van der Waals surface area contributed by atoms with Crippen molar-refractivity contribution in [2.45, 2.75) is 15.9 Å². The van der Waals surface area contributed by atoms with Gasteiger partial charge in [0.05, 0.1) is 23.7 Å². The van der Waals surface area contributed by atoms with E-state index in [4.69, 9.17) is 32.9 Å². The molecule has 0 bridgehead atoms. The summed E-state index contributed by atoms with van der Waals surface area (Å²) in [5.41, 5.74) is 1.29. The summed E-state index contributed by atoms with van der Waals surface area (Å²) < 4.78 is 6.28. The first-order chi connectivity index (χ1) is 12.5. The molecule has 3 aromatic rings. The summed E-state index contributed by atoms with van der Waals surface area (Å²) in [6.07, 6.45) is 0.764. The molecule has 0 unspecified atom stereocenters. The Morgan fingerprint density at radius 2 is 2.04 bits per heavy atom. The van der Waals surface area contributed by atoms with Crippen LogP contribution < -0.4 is 10.3 Å². The van der Waals surface area contributed by atoms with E-state index in [1.54, 1.807) is 17.7 Å². The zero-order chi connectivity index (χ0) is 18.3. The number of fused-ring (bicyclic) bond motifs is 1. The zero-order valence-corrected chi connectivity index (χ0v) is 16.3. The zero-order valence-electron chi connectivity index (χ0n) is 14.0. The van der Waals surface area contributed by atoms with Crippen LogP contribution in [0.4, 0.5) is 0 Å². The van der Waals surface area contributed by atoms with Crippen LogP contribution in [0.1, 0.15) is 6.42 Å². The number of hydrogen-bond donors (Lipinski definition) is 0. The SMILES string of the molecule is COc1cccc(-n2c(SC[C@H]3CC3(Cl)Cl)nc3ccccc3c2=O)c1. The predicted molar refractivity (Wildman–Crippen MR) is 107 cm³/mol. The van der Waals surface area contributed by atoms with Gasteiger partial charge in [-0.2, -0.15) is 0 Å². The fourth-order valence-corrected chi connectivity index (χ4v) is 4.75. The third-order valence-electron chi connectivity index (χ3n) is 4.43. The number of thioether (sulfide) groups is 1. The minimum Gasteiger partial charge on any atom is -0.497 e. The Bertz CT molecular complexity index is 1040. The molecule has 0 amide bonds. The van der Waals surface area contributed by atoms with Crippen molar-refractivity contribution >= 4 is 45.9 Å². The summed E-state index contributed by atoms with van der Waals surface area (Å²) in [5, 5.41) is 1.20. The Labute approximate surface area is 165 Å². The van der Waals surface area contributed by atoms with Crippen LogP contribution >= 0.6 is 35.0 Å². The first-order valence-corrected chi connectivity index (χ1v) is 9.90. The van der Waals surface area contributed by atoms with Gasteiger partial charge in [0.2, 0.25) is 0 Å². The molecule has 1 fully saturated rings. The number of hydrogen-bond acceptors (Lipinski definition) is 4. The van der Waals surface area contributed by atoms with Crippen molar-refractivity contribution in [3.05, 3.63) is 58.9 Å². The van der Waals surface area contributed by atoms with Gasteiger partial charge >= 0.3 is 0 Å². The standard InChI is InChI=1S/C19H16Cl2N2O2S/c1-25-14-6-4-5-13(9-14)23-17(24)15-7-2-3-8-16(15)22-18(23)26-11-12-10-19(12,20)21/h2-9,12H,10-11H2,1H3/t12-/m1/s1. The van der Waals surface area contributed by atoms with Crippen LogP contribution in [-0.2, 0) is 0 Å². The summed E-state index contributed by atoms with van der Waals surface area (Å²) >= 11 is 13.8. The molecule has 1 saturated carbocycles. The van der Waals surface area contributed by atoms with Gasteiger partial charge in [-0.3, -0.25) is 9.36 Å². The monoisotopic (exact) mass is 406 g/mol. The van der Waals surface area contributed by atoms with Crippen LogP contribution in [0, 0.1) is 5.92 Å². The third kappa shape index (κ3) is 3.31. The second-order valence-electron chi connectivity index (χ2n) is 6.23. The molecule has 2 aromatic carbocycles. The molecule has 4 nitrogen and oxygen atoms in total. The molecule has 0 N–H and O–H groups in total. The van der Waals surface area contributed by atoms with E-state index in [2.05, 4.69) is 0 Å².